The van der Waals surface area contributed by atoms with Crippen molar-refractivity contribution in [2.24, 2.45) is 5.92 Å². The first-order valence-corrected chi connectivity index (χ1v) is 6.89. The van der Waals surface area contributed by atoms with Crippen LogP contribution in [0.25, 0.3) is 0 Å². The molecule has 0 saturated heterocycles. The highest BCUT2D eigenvalue weighted by atomic mass is 32.2. The molecule has 0 aliphatic carbocycles. The van der Waals surface area contributed by atoms with Gasteiger partial charge in [0, 0.05) is 12.7 Å². The van der Waals surface area contributed by atoms with E-state index in [2.05, 4.69) is 9.71 Å². The summed E-state index contributed by atoms with van der Waals surface area (Å²) in [5.74, 6) is -0.0354. The average Bonchev–Trinajstić information content (AvgIpc) is 2.36. The lowest BCUT2D eigenvalue weighted by Crippen LogP contribution is -2.34. The number of pyridine rings is 1. The Hall–Kier alpha value is -1.49. The third-order valence-electron chi connectivity index (χ3n) is 2.41. The van der Waals surface area contributed by atoms with Gasteiger partial charge in [-0.2, -0.15) is 5.26 Å². The Morgan fingerprint density at radius 2 is 2.17 bits per heavy atom. The predicted molar refractivity (Wildman–Crippen MR) is 65.0 cm³/mol. The summed E-state index contributed by atoms with van der Waals surface area (Å²) >= 11 is 0. The zero-order valence-electron chi connectivity index (χ0n) is 10.2. The van der Waals surface area contributed by atoms with Gasteiger partial charge in [0.2, 0.25) is 10.0 Å². The number of aliphatic hydroxyl groups excluding tert-OH is 1. The normalized spacial score (nSPS) is 13.3. The standard InChI is InChI=1S/C11H15N3O3S/c1-8(2)11(15)7-14-18(16,17)10-4-3-9(5-12)13-6-10/h3-4,6,8,11,14-15H,7H2,1-2H3. The maximum absolute atomic E-state index is 11.8. The quantitative estimate of drug-likeness (QED) is 0.797. The molecule has 6 nitrogen and oxygen atoms in total. The van der Waals surface area contributed by atoms with Crippen LogP contribution in [-0.2, 0) is 10.0 Å². The van der Waals surface area contributed by atoms with Gasteiger partial charge in [0.15, 0.2) is 0 Å². The summed E-state index contributed by atoms with van der Waals surface area (Å²) in [7, 11) is -3.70. The minimum absolute atomic E-state index is 0.0301. The highest BCUT2D eigenvalue weighted by Gasteiger charge is 2.17. The Morgan fingerprint density at radius 3 is 2.61 bits per heavy atom. The summed E-state index contributed by atoms with van der Waals surface area (Å²) in [6.07, 6.45) is 0.369. The van der Waals surface area contributed by atoms with E-state index in [0.717, 1.165) is 6.20 Å². The summed E-state index contributed by atoms with van der Waals surface area (Å²) in [6.45, 7) is 3.53. The molecule has 0 spiro atoms. The Balaban J connectivity index is 2.77. The van der Waals surface area contributed by atoms with Gasteiger partial charge in [-0.05, 0) is 18.1 Å². The molecule has 18 heavy (non-hydrogen) atoms. The monoisotopic (exact) mass is 269 g/mol. The van der Waals surface area contributed by atoms with Crippen molar-refractivity contribution < 1.29 is 13.5 Å². The van der Waals surface area contributed by atoms with E-state index in [9.17, 15) is 13.5 Å². The number of sulfonamides is 1. The molecule has 1 rings (SSSR count). The number of nitrogens with one attached hydrogen (secondary N) is 1. The second kappa shape index (κ2) is 5.91. The van der Waals surface area contributed by atoms with Crippen LogP contribution in [0.1, 0.15) is 19.5 Å². The molecule has 1 heterocycles. The zero-order chi connectivity index (χ0) is 13.8. The SMILES string of the molecule is CC(C)C(O)CNS(=O)(=O)c1ccc(C#N)nc1. The number of aliphatic hydroxyl groups is 1. The van der Waals surface area contributed by atoms with E-state index in [1.54, 1.807) is 19.9 Å². The number of aromatic nitrogens is 1. The first kappa shape index (κ1) is 14.6. The molecule has 1 aromatic rings. The Morgan fingerprint density at radius 1 is 1.50 bits per heavy atom. The Kier molecular flexibility index (Phi) is 4.78. The number of nitriles is 1. The van der Waals surface area contributed by atoms with Crippen molar-refractivity contribution in [2.45, 2.75) is 24.8 Å². The molecule has 0 radical (unpaired) electrons. The Bertz CT molecular complexity index is 532. The van der Waals surface area contributed by atoms with Crippen LogP contribution in [0.2, 0.25) is 0 Å². The van der Waals surface area contributed by atoms with E-state index in [0.29, 0.717) is 0 Å². The lowest BCUT2D eigenvalue weighted by Gasteiger charge is -2.15. The lowest BCUT2D eigenvalue weighted by molar-refractivity contribution is 0.129. The fourth-order valence-electron chi connectivity index (χ4n) is 1.12. The third-order valence-corrected chi connectivity index (χ3v) is 3.82. The number of hydrogen-bond donors (Lipinski definition) is 2. The van der Waals surface area contributed by atoms with E-state index in [-0.39, 0.29) is 23.1 Å². The molecule has 0 bridgehead atoms. The van der Waals surface area contributed by atoms with Crippen molar-refractivity contribution >= 4 is 10.0 Å². The molecule has 0 aliphatic rings. The van der Waals surface area contributed by atoms with E-state index in [1.165, 1.54) is 12.1 Å². The van der Waals surface area contributed by atoms with Crippen molar-refractivity contribution in [1.82, 2.24) is 9.71 Å². The van der Waals surface area contributed by atoms with Gasteiger partial charge in [-0.15, -0.1) is 0 Å². The van der Waals surface area contributed by atoms with Gasteiger partial charge in [-0.25, -0.2) is 18.1 Å². The summed E-state index contributed by atoms with van der Waals surface area (Å²) in [4.78, 5) is 3.65. The molecule has 0 fully saturated rings. The maximum Gasteiger partial charge on any atom is 0.242 e. The fourth-order valence-corrected chi connectivity index (χ4v) is 2.12. The largest absolute Gasteiger partial charge is 0.391 e. The smallest absolute Gasteiger partial charge is 0.242 e. The minimum Gasteiger partial charge on any atom is -0.391 e. The van der Waals surface area contributed by atoms with Crippen molar-refractivity contribution in [3.8, 4) is 6.07 Å². The van der Waals surface area contributed by atoms with Crippen LogP contribution < -0.4 is 4.72 Å². The first-order valence-electron chi connectivity index (χ1n) is 5.40. The van der Waals surface area contributed by atoms with E-state index in [1.807, 2.05) is 0 Å². The summed E-state index contributed by atoms with van der Waals surface area (Å²) < 4.78 is 25.9. The summed E-state index contributed by atoms with van der Waals surface area (Å²) in [5.41, 5.74) is 0.149. The molecular weight excluding hydrogens is 254 g/mol. The number of hydrogen-bond acceptors (Lipinski definition) is 5. The van der Waals surface area contributed by atoms with Crippen molar-refractivity contribution in [2.75, 3.05) is 6.54 Å². The van der Waals surface area contributed by atoms with Gasteiger partial charge in [-0.1, -0.05) is 13.8 Å². The molecule has 1 atom stereocenters. The summed E-state index contributed by atoms with van der Waals surface area (Å²) in [6, 6.07) is 4.43. The van der Waals surface area contributed by atoms with Crippen LogP contribution in [0, 0.1) is 17.2 Å². The predicted octanol–water partition coefficient (Wildman–Crippen LogP) is 0.248. The van der Waals surface area contributed by atoms with Gasteiger partial charge in [0.05, 0.1) is 6.10 Å². The van der Waals surface area contributed by atoms with E-state index < -0.39 is 16.1 Å². The van der Waals surface area contributed by atoms with Crippen molar-refractivity contribution in [1.29, 1.82) is 5.26 Å². The first-order chi connectivity index (χ1) is 8.36. The van der Waals surface area contributed by atoms with Crippen LogP contribution in [0.5, 0.6) is 0 Å². The molecule has 98 valence electrons. The van der Waals surface area contributed by atoms with Gasteiger partial charge < -0.3 is 5.11 Å². The van der Waals surface area contributed by atoms with E-state index in [4.69, 9.17) is 5.26 Å². The molecule has 7 heteroatoms. The van der Waals surface area contributed by atoms with Crippen LogP contribution in [0.3, 0.4) is 0 Å². The van der Waals surface area contributed by atoms with Gasteiger partial charge in [0.25, 0.3) is 0 Å². The molecule has 0 amide bonds. The molecule has 0 saturated carbocycles. The van der Waals surface area contributed by atoms with E-state index >= 15 is 0 Å². The lowest BCUT2D eigenvalue weighted by atomic mass is 10.1. The second-order valence-electron chi connectivity index (χ2n) is 4.15. The molecule has 1 unspecified atom stereocenters. The topological polar surface area (TPSA) is 103 Å². The highest BCUT2D eigenvalue weighted by Crippen LogP contribution is 2.08. The average molecular weight is 269 g/mol. The molecule has 0 aliphatic heterocycles. The highest BCUT2D eigenvalue weighted by molar-refractivity contribution is 7.89. The summed E-state index contributed by atoms with van der Waals surface area (Å²) in [5, 5.41) is 18.1. The maximum atomic E-state index is 11.8. The van der Waals surface area contributed by atoms with Crippen LogP contribution in [0.4, 0.5) is 0 Å². The van der Waals surface area contributed by atoms with Crippen LogP contribution >= 0.6 is 0 Å². The number of rotatable bonds is 5. The second-order valence-corrected chi connectivity index (χ2v) is 5.92. The molecule has 2 N–H and O–H groups in total. The van der Waals surface area contributed by atoms with Gasteiger partial charge in [0.1, 0.15) is 16.7 Å². The van der Waals surface area contributed by atoms with Crippen molar-refractivity contribution in [3.05, 3.63) is 24.0 Å². The number of nitrogens with zero attached hydrogens (tertiary/aromatic N) is 2. The van der Waals surface area contributed by atoms with Gasteiger partial charge in [-0.3, -0.25) is 0 Å². The van der Waals surface area contributed by atoms with Crippen LogP contribution in [0.15, 0.2) is 23.2 Å². The Labute approximate surface area is 106 Å². The van der Waals surface area contributed by atoms with Crippen LogP contribution in [-0.4, -0.2) is 31.2 Å². The molecule has 1 aromatic heterocycles. The van der Waals surface area contributed by atoms with Gasteiger partial charge >= 0.3 is 0 Å². The molecule has 0 aromatic carbocycles. The molecular formula is C11H15N3O3S. The zero-order valence-corrected chi connectivity index (χ0v) is 11.0. The third kappa shape index (κ3) is 3.77. The minimum atomic E-state index is -3.70. The fraction of sp³-hybridized carbons (Fsp3) is 0.455. The van der Waals surface area contributed by atoms with Crippen molar-refractivity contribution in [3.63, 3.8) is 0 Å².